The van der Waals surface area contributed by atoms with Crippen molar-refractivity contribution in [3.63, 3.8) is 0 Å². The van der Waals surface area contributed by atoms with Gasteiger partial charge in [0.05, 0.1) is 30.5 Å². The molecule has 2 rings (SSSR count). The van der Waals surface area contributed by atoms with E-state index in [0.29, 0.717) is 42.4 Å². The Labute approximate surface area is 160 Å². The zero-order valence-corrected chi connectivity index (χ0v) is 16.5. The summed E-state index contributed by atoms with van der Waals surface area (Å²) >= 11 is 0. The number of aryl methyl sites for hydroxylation is 1. The standard InChI is InChI=1S/C20H28N4O3/c1-5-18-20(19(6-2)24(22-18)7-9-25)27-17-12-15(14-21)11-16(13-17)26-10-8-23(3)4/h11-13,25H,5-10H2,1-4H3. The lowest BCUT2D eigenvalue weighted by atomic mass is 10.2. The number of aliphatic hydroxyl groups excluding tert-OH is 1. The number of benzene rings is 1. The van der Waals surface area contributed by atoms with Crippen molar-refractivity contribution in [1.29, 1.82) is 5.26 Å². The normalized spacial score (nSPS) is 10.9. The van der Waals surface area contributed by atoms with Gasteiger partial charge < -0.3 is 19.5 Å². The van der Waals surface area contributed by atoms with Crippen LogP contribution in [0.4, 0.5) is 0 Å². The van der Waals surface area contributed by atoms with E-state index in [4.69, 9.17) is 9.47 Å². The highest BCUT2D eigenvalue weighted by Crippen LogP contribution is 2.33. The monoisotopic (exact) mass is 372 g/mol. The first-order valence-electron chi connectivity index (χ1n) is 9.22. The highest BCUT2D eigenvalue weighted by atomic mass is 16.5. The van der Waals surface area contributed by atoms with E-state index in [-0.39, 0.29) is 6.61 Å². The molecular formula is C20H28N4O3. The zero-order valence-electron chi connectivity index (χ0n) is 16.5. The predicted molar refractivity (Wildman–Crippen MR) is 103 cm³/mol. The topological polar surface area (TPSA) is 83.5 Å². The van der Waals surface area contributed by atoms with E-state index in [9.17, 15) is 10.4 Å². The molecule has 0 bridgehead atoms. The van der Waals surface area contributed by atoms with Crippen LogP contribution in [0, 0.1) is 11.3 Å². The molecule has 2 aromatic rings. The van der Waals surface area contributed by atoms with Gasteiger partial charge in [-0.2, -0.15) is 10.4 Å². The quantitative estimate of drug-likeness (QED) is 0.690. The van der Waals surface area contributed by atoms with E-state index in [2.05, 4.69) is 11.2 Å². The number of hydrogen-bond acceptors (Lipinski definition) is 6. The van der Waals surface area contributed by atoms with Crippen molar-refractivity contribution in [3.05, 3.63) is 35.2 Å². The molecule has 0 spiro atoms. The summed E-state index contributed by atoms with van der Waals surface area (Å²) in [6.07, 6.45) is 1.44. The second-order valence-electron chi connectivity index (χ2n) is 6.44. The van der Waals surface area contributed by atoms with E-state index in [0.717, 1.165) is 24.4 Å². The molecule has 27 heavy (non-hydrogen) atoms. The van der Waals surface area contributed by atoms with E-state index in [1.165, 1.54) is 0 Å². The molecule has 7 heteroatoms. The van der Waals surface area contributed by atoms with Crippen LogP contribution in [0.25, 0.3) is 0 Å². The van der Waals surface area contributed by atoms with E-state index >= 15 is 0 Å². The second-order valence-corrected chi connectivity index (χ2v) is 6.44. The van der Waals surface area contributed by atoms with Crippen molar-refractivity contribution in [3.8, 4) is 23.3 Å². The van der Waals surface area contributed by atoms with Crippen LogP contribution in [-0.2, 0) is 19.4 Å². The third-order valence-corrected chi connectivity index (χ3v) is 4.10. The fourth-order valence-corrected chi connectivity index (χ4v) is 2.75. The summed E-state index contributed by atoms with van der Waals surface area (Å²) in [4.78, 5) is 2.03. The number of rotatable bonds is 10. The van der Waals surface area contributed by atoms with Gasteiger partial charge in [0.2, 0.25) is 0 Å². The summed E-state index contributed by atoms with van der Waals surface area (Å²) in [5, 5.41) is 23.1. The molecule has 0 aliphatic carbocycles. The van der Waals surface area contributed by atoms with Gasteiger partial charge in [-0.1, -0.05) is 13.8 Å². The minimum Gasteiger partial charge on any atom is -0.492 e. The number of hydrogen-bond donors (Lipinski definition) is 1. The Kier molecular flexibility index (Phi) is 7.65. The largest absolute Gasteiger partial charge is 0.492 e. The summed E-state index contributed by atoms with van der Waals surface area (Å²) in [5.74, 6) is 1.84. The van der Waals surface area contributed by atoms with Gasteiger partial charge in [0.15, 0.2) is 5.75 Å². The zero-order chi connectivity index (χ0) is 19.8. The van der Waals surface area contributed by atoms with Gasteiger partial charge in [-0.25, -0.2) is 0 Å². The predicted octanol–water partition coefficient (Wildman–Crippen LogP) is 2.60. The molecule has 146 valence electrons. The average molecular weight is 372 g/mol. The third kappa shape index (κ3) is 5.46. The van der Waals surface area contributed by atoms with Crippen LogP contribution in [0.1, 0.15) is 30.8 Å². The third-order valence-electron chi connectivity index (χ3n) is 4.10. The minimum absolute atomic E-state index is 0.0189. The molecule has 0 aliphatic rings. The molecule has 1 N–H and O–H groups in total. The molecule has 1 aromatic heterocycles. The van der Waals surface area contributed by atoms with Crippen LogP contribution >= 0.6 is 0 Å². The summed E-state index contributed by atoms with van der Waals surface area (Å²) in [6.45, 7) is 5.79. The highest BCUT2D eigenvalue weighted by Gasteiger charge is 2.18. The highest BCUT2D eigenvalue weighted by molar-refractivity contribution is 5.47. The lowest BCUT2D eigenvalue weighted by Gasteiger charge is -2.13. The Bertz CT molecular complexity index is 793. The second kappa shape index (κ2) is 9.95. The maximum absolute atomic E-state index is 9.33. The van der Waals surface area contributed by atoms with Crippen LogP contribution in [-0.4, -0.2) is 53.6 Å². The lowest BCUT2D eigenvalue weighted by molar-refractivity contribution is 0.260. The summed E-state index contributed by atoms with van der Waals surface area (Å²) in [6, 6.07) is 7.34. The van der Waals surface area contributed by atoms with Crippen molar-refractivity contribution >= 4 is 0 Å². The number of aromatic nitrogens is 2. The van der Waals surface area contributed by atoms with Crippen molar-refractivity contribution in [1.82, 2.24) is 14.7 Å². The molecule has 0 aliphatic heterocycles. The maximum atomic E-state index is 9.33. The Balaban J connectivity index is 2.32. The van der Waals surface area contributed by atoms with Gasteiger partial charge in [-0.3, -0.25) is 4.68 Å². The Morgan fingerprint density at radius 2 is 1.93 bits per heavy atom. The molecule has 1 aromatic carbocycles. The van der Waals surface area contributed by atoms with Crippen LogP contribution in [0.15, 0.2) is 18.2 Å². The summed E-state index contributed by atoms with van der Waals surface area (Å²) in [7, 11) is 3.96. The van der Waals surface area contributed by atoms with Crippen molar-refractivity contribution in [2.75, 3.05) is 33.9 Å². The van der Waals surface area contributed by atoms with Crippen molar-refractivity contribution in [2.24, 2.45) is 0 Å². The van der Waals surface area contributed by atoms with Crippen LogP contribution in [0.5, 0.6) is 17.2 Å². The Morgan fingerprint density at radius 3 is 2.52 bits per heavy atom. The molecule has 0 saturated heterocycles. The first kappa shape index (κ1) is 20.7. The fraction of sp³-hybridized carbons (Fsp3) is 0.500. The molecular weight excluding hydrogens is 344 g/mol. The van der Waals surface area contributed by atoms with E-state index < -0.39 is 0 Å². The van der Waals surface area contributed by atoms with Gasteiger partial charge in [-0.05, 0) is 39.1 Å². The van der Waals surface area contributed by atoms with Crippen LogP contribution in [0.2, 0.25) is 0 Å². The van der Waals surface area contributed by atoms with Gasteiger partial charge in [-0.15, -0.1) is 0 Å². The summed E-state index contributed by atoms with van der Waals surface area (Å²) < 4.78 is 13.7. The molecule has 1 heterocycles. The van der Waals surface area contributed by atoms with E-state index in [1.807, 2.05) is 32.8 Å². The number of aliphatic hydroxyl groups is 1. The number of nitriles is 1. The van der Waals surface area contributed by atoms with E-state index in [1.54, 1.807) is 22.9 Å². The van der Waals surface area contributed by atoms with Crippen LogP contribution in [0.3, 0.4) is 0 Å². The first-order valence-corrected chi connectivity index (χ1v) is 9.22. The first-order chi connectivity index (χ1) is 13.0. The molecule has 0 unspecified atom stereocenters. The van der Waals surface area contributed by atoms with Gasteiger partial charge in [0, 0.05) is 12.6 Å². The Morgan fingerprint density at radius 1 is 1.19 bits per heavy atom. The van der Waals surface area contributed by atoms with Gasteiger partial charge in [0.1, 0.15) is 23.8 Å². The van der Waals surface area contributed by atoms with Crippen molar-refractivity contribution in [2.45, 2.75) is 33.2 Å². The average Bonchev–Trinajstić information content (AvgIpc) is 2.97. The SMILES string of the molecule is CCc1nn(CCO)c(CC)c1Oc1cc(C#N)cc(OCCN(C)C)c1. The van der Waals surface area contributed by atoms with Crippen LogP contribution < -0.4 is 9.47 Å². The number of ether oxygens (including phenoxy) is 2. The summed E-state index contributed by atoms with van der Waals surface area (Å²) in [5.41, 5.74) is 2.24. The Hall–Kier alpha value is -2.56. The van der Waals surface area contributed by atoms with Gasteiger partial charge in [0.25, 0.3) is 0 Å². The number of likely N-dealkylation sites (N-methyl/N-ethyl adjacent to an activating group) is 1. The fourth-order valence-electron chi connectivity index (χ4n) is 2.75. The maximum Gasteiger partial charge on any atom is 0.171 e. The minimum atomic E-state index is 0.0189. The van der Waals surface area contributed by atoms with Gasteiger partial charge >= 0.3 is 0 Å². The molecule has 0 saturated carbocycles. The molecule has 0 atom stereocenters. The molecule has 0 radical (unpaired) electrons. The van der Waals surface area contributed by atoms with Crippen molar-refractivity contribution < 1.29 is 14.6 Å². The molecule has 0 fully saturated rings. The smallest absolute Gasteiger partial charge is 0.171 e. The molecule has 7 nitrogen and oxygen atoms in total. The lowest BCUT2D eigenvalue weighted by Crippen LogP contribution is -2.19. The number of nitrogens with zero attached hydrogens (tertiary/aromatic N) is 4. The molecule has 0 amide bonds.